The van der Waals surface area contributed by atoms with E-state index >= 15 is 0 Å². The van der Waals surface area contributed by atoms with Gasteiger partial charge in [-0.1, -0.05) is 28.9 Å². The molecule has 150 valence electrons. The first-order valence-electron chi connectivity index (χ1n) is 8.54. The lowest BCUT2D eigenvalue weighted by Gasteiger charge is -2.19. The summed E-state index contributed by atoms with van der Waals surface area (Å²) in [5, 5.41) is 18.6. The number of nitrogens with zero attached hydrogens (tertiary/aromatic N) is 1. The first-order valence-corrected chi connectivity index (χ1v) is 8.92. The molecule has 2 aromatic carbocycles. The third-order valence-electron chi connectivity index (χ3n) is 3.72. The Morgan fingerprint density at radius 1 is 1.21 bits per heavy atom. The lowest BCUT2D eigenvalue weighted by atomic mass is 10.1. The summed E-state index contributed by atoms with van der Waals surface area (Å²) >= 11 is 5.85. The van der Waals surface area contributed by atoms with Crippen LogP contribution < -0.4 is 21.1 Å². The van der Waals surface area contributed by atoms with Crippen molar-refractivity contribution in [3.63, 3.8) is 0 Å². The molecule has 2 amide bonds. The van der Waals surface area contributed by atoms with Gasteiger partial charge in [0.1, 0.15) is 12.4 Å². The summed E-state index contributed by atoms with van der Waals surface area (Å²) in [6.45, 7) is -0.183. The van der Waals surface area contributed by atoms with E-state index in [1.165, 1.54) is 0 Å². The third kappa shape index (κ3) is 6.98. The first-order chi connectivity index (χ1) is 13.5. The lowest BCUT2D eigenvalue weighted by molar-refractivity contribution is 0.0975. The van der Waals surface area contributed by atoms with Crippen molar-refractivity contribution in [3.05, 3.63) is 59.1 Å². The average molecular weight is 407 g/mol. The van der Waals surface area contributed by atoms with Crippen LogP contribution in [0.3, 0.4) is 0 Å². The van der Waals surface area contributed by atoms with E-state index in [9.17, 15) is 4.79 Å². The Hall–Kier alpha value is -2.97. The Labute approximate surface area is 168 Å². The maximum Gasteiger partial charge on any atom is 0.319 e. The van der Waals surface area contributed by atoms with E-state index in [0.717, 1.165) is 11.3 Å². The van der Waals surface area contributed by atoms with Gasteiger partial charge >= 0.3 is 6.03 Å². The second-order valence-corrected chi connectivity index (χ2v) is 6.22. The molecular formula is C19H23ClN4O4. The number of hydrogen-bond donors (Lipinski definition) is 4. The van der Waals surface area contributed by atoms with Crippen LogP contribution in [0.25, 0.3) is 0 Å². The summed E-state index contributed by atoms with van der Waals surface area (Å²) in [7, 11) is 1.59. The number of aliphatic hydroxyl groups is 1. The normalized spacial score (nSPS) is 12.2. The minimum Gasteiger partial charge on any atom is -0.497 e. The molecule has 0 spiro atoms. The molecule has 0 aliphatic rings. The fourth-order valence-corrected chi connectivity index (χ4v) is 2.44. The molecule has 1 atom stereocenters. The number of halogens is 1. The molecule has 0 aliphatic heterocycles. The van der Waals surface area contributed by atoms with Crippen molar-refractivity contribution in [2.24, 2.45) is 10.9 Å². The number of anilines is 1. The SMILES string of the molecule is COc1ccc(C[C@H](NC(=O)Nc2ccc(Cl)cc2)/C(N)=N/OCCO)cc1. The number of urea groups is 1. The predicted molar refractivity (Wildman–Crippen MR) is 109 cm³/mol. The van der Waals surface area contributed by atoms with Crippen LogP contribution in [0.5, 0.6) is 5.75 Å². The van der Waals surface area contributed by atoms with Gasteiger partial charge in [-0.15, -0.1) is 0 Å². The number of amidine groups is 1. The number of benzene rings is 2. The van der Waals surface area contributed by atoms with Gasteiger partial charge < -0.3 is 31.0 Å². The molecule has 2 aromatic rings. The quantitative estimate of drug-likeness (QED) is 0.221. The van der Waals surface area contributed by atoms with Crippen molar-refractivity contribution in [3.8, 4) is 5.75 Å². The highest BCUT2D eigenvalue weighted by molar-refractivity contribution is 6.30. The zero-order chi connectivity index (χ0) is 20.4. The van der Waals surface area contributed by atoms with Crippen molar-refractivity contribution >= 4 is 29.2 Å². The summed E-state index contributed by atoms with van der Waals surface area (Å²) in [6, 6.07) is 13.0. The number of carbonyl (C=O) groups is 1. The standard InChI is InChI=1S/C19H23ClN4O4/c1-27-16-8-2-13(3-9-16)12-17(18(21)24-28-11-10-25)23-19(26)22-15-6-4-14(20)5-7-15/h2-9,17,25H,10-12H2,1H3,(H2,21,24)(H2,22,23,26)/t17-/m0/s1. The number of aliphatic hydroxyl groups excluding tert-OH is 1. The lowest BCUT2D eigenvalue weighted by Crippen LogP contribution is -2.47. The number of nitrogens with one attached hydrogen (secondary N) is 2. The molecule has 0 saturated carbocycles. The van der Waals surface area contributed by atoms with Gasteiger partial charge in [0, 0.05) is 17.1 Å². The molecule has 0 bridgehead atoms. The van der Waals surface area contributed by atoms with Crippen molar-refractivity contribution in [2.45, 2.75) is 12.5 Å². The first kappa shape index (κ1) is 21.3. The molecule has 0 aromatic heterocycles. The van der Waals surface area contributed by atoms with Crippen LogP contribution in [0.15, 0.2) is 53.7 Å². The van der Waals surface area contributed by atoms with Gasteiger partial charge in [0.25, 0.3) is 0 Å². The molecule has 8 nitrogen and oxygen atoms in total. The maximum absolute atomic E-state index is 12.4. The summed E-state index contributed by atoms with van der Waals surface area (Å²) in [5.41, 5.74) is 7.48. The summed E-state index contributed by atoms with van der Waals surface area (Å²) in [4.78, 5) is 17.3. The summed E-state index contributed by atoms with van der Waals surface area (Å²) in [6.07, 6.45) is 0.385. The summed E-state index contributed by atoms with van der Waals surface area (Å²) < 4.78 is 5.15. The van der Waals surface area contributed by atoms with Crippen molar-refractivity contribution < 1.29 is 19.5 Å². The zero-order valence-electron chi connectivity index (χ0n) is 15.4. The fraction of sp³-hybridized carbons (Fsp3) is 0.263. The Morgan fingerprint density at radius 3 is 2.50 bits per heavy atom. The fourth-order valence-electron chi connectivity index (χ4n) is 2.31. The largest absolute Gasteiger partial charge is 0.497 e. The highest BCUT2D eigenvalue weighted by Crippen LogP contribution is 2.14. The van der Waals surface area contributed by atoms with Gasteiger partial charge in [-0.2, -0.15) is 0 Å². The van der Waals surface area contributed by atoms with E-state index in [2.05, 4.69) is 15.8 Å². The Bertz CT molecular complexity index is 782. The number of carbonyl (C=O) groups excluding carboxylic acids is 1. The van der Waals surface area contributed by atoms with Crippen molar-refractivity contribution in [1.82, 2.24) is 5.32 Å². The van der Waals surface area contributed by atoms with Crippen LogP contribution in [-0.2, 0) is 11.3 Å². The van der Waals surface area contributed by atoms with Gasteiger partial charge in [0.05, 0.1) is 19.8 Å². The van der Waals surface area contributed by atoms with E-state index in [1.54, 1.807) is 31.4 Å². The van der Waals surface area contributed by atoms with E-state index in [1.807, 2.05) is 24.3 Å². The van der Waals surface area contributed by atoms with Crippen LogP contribution in [0.1, 0.15) is 5.56 Å². The number of methoxy groups -OCH3 is 1. The molecule has 0 aliphatic carbocycles. The van der Waals surface area contributed by atoms with E-state index in [-0.39, 0.29) is 19.0 Å². The monoisotopic (exact) mass is 406 g/mol. The van der Waals surface area contributed by atoms with E-state index in [0.29, 0.717) is 17.1 Å². The van der Waals surface area contributed by atoms with Crippen LogP contribution in [0.2, 0.25) is 5.02 Å². The summed E-state index contributed by atoms with van der Waals surface area (Å²) in [5.74, 6) is 0.803. The molecule has 0 unspecified atom stereocenters. The number of oxime groups is 1. The zero-order valence-corrected chi connectivity index (χ0v) is 16.1. The van der Waals surface area contributed by atoms with Crippen LogP contribution in [0, 0.1) is 0 Å². The van der Waals surface area contributed by atoms with Crippen LogP contribution in [0.4, 0.5) is 10.5 Å². The molecule has 0 saturated heterocycles. The van der Waals surface area contributed by atoms with E-state index < -0.39 is 12.1 Å². The van der Waals surface area contributed by atoms with Crippen LogP contribution in [-0.4, -0.2) is 43.3 Å². The van der Waals surface area contributed by atoms with Gasteiger partial charge in [0.15, 0.2) is 5.84 Å². The number of nitrogens with two attached hydrogens (primary N) is 1. The molecule has 0 radical (unpaired) electrons. The molecular weight excluding hydrogens is 384 g/mol. The minimum atomic E-state index is -0.626. The number of hydrogen-bond acceptors (Lipinski definition) is 5. The Kier molecular flexibility index (Phi) is 8.38. The minimum absolute atomic E-state index is 0.00687. The predicted octanol–water partition coefficient (Wildman–Crippen LogP) is 2.36. The average Bonchev–Trinajstić information content (AvgIpc) is 2.70. The number of rotatable bonds is 9. The second kappa shape index (κ2) is 11.0. The molecule has 28 heavy (non-hydrogen) atoms. The maximum atomic E-state index is 12.4. The highest BCUT2D eigenvalue weighted by atomic mass is 35.5. The smallest absolute Gasteiger partial charge is 0.319 e. The Morgan fingerprint density at radius 2 is 1.89 bits per heavy atom. The van der Waals surface area contributed by atoms with Crippen molar-refractivity contribution in [1.29, 1.82) is 0 Å². The van der Waals surface area contributed by atoms with E-state index in [4.69, 9.17) is 32.0 Å². The van der Waals surface area contributed by atoms with Gasteiger partial charge in [-0.25, -0.2) is 4.79 Å². The molecule has 0 heterocycles. The number of ether oxygens (including phenoxy) is 1. The van der Waals surface area contributed by atoms with Gasteiger partial charge in [-0.3, -0.25) is 0 Å². The molecule has 5 N–H and O–H groups in total. The molecule has 0 fully saturated rings. The topological polar surface area (TPSA) is 118 Å². The van der Waals surface area contributed by atoms with Crippen molar-refractivity contribution in [2.75, 3.05) is 25.6 Å². The third-order valence-corrected chi connectivity index (χ3v) is 3.97. The molecule has 9 heteroatoms. The van der Waals surface area contributed by atoms with Gasteiger partial charge in [0.2, 0.25) is 0 Å². The molecule has 2 rings (SSSR count). The second-order valence-electron chi connectivity index (χ2n) is 5.78. The highest BCUT2D eigenvalue weighted by Gasteiger charge is 2.18. The Balaban J connectivity index is 2.08. The number of amides is 2. The van der Waals surface area contributed by atoms with Crippen LogP contribution >= 0.6 is 11.6 Å². The van der Waals surface area contributed by atoms with Gasteiger partial charge in [-0.05, 0) is 42.0 Å².